The first-order valence-corrected chi connectivity index (χ1v) is 9.31. The van der Waals surface area contributed by atoms with Crippen LogP contribution in [0.25, 0.3) is 10.9 Å². The monoisotopic (exact) mass is 405 g/mol. The van der Waals surface area contributed by atoms with Gasteiger partial charge >= 0.3 is 0 Å². The molecule has 0 amide bonds. The summed E-state index contributed by atoms with van der Waals surface area (Å²) >= 11 is 0. The first-order chi connectivity index (χ1) is 13.8. The van der Waals surface area contributed by atoms with Crippen LogP contribution in [0.1, 0.15) is 31.5 Å². The van der Waals surface area contributed by atoms with Crippen LogP contribution in [0.15, 0.2) is 42.7 Å². The topological polar surface area (TPSA) is 38.3 Å². The second-order valence-electron chi connectivity index (χ2n) is 7.26. The van der Waals surface area contributed by atoms with Crippen molar-refractivity contribution >= 4 is 10.9 Å². The van der Waals surface area contributed by atoms with Crippen LogP contribution < -0.4 is 4.74 Å². The summed E-state index contributed by atoms with van der Waals surface area (Å²) in [6, 6.07) is 6.18. The predicted molar refractivity (Wildman–Crippen MR) is 100 cm³/mol. The zero-order valence-electron chi connectivity index (χ0n) is 15.7. The van der Waals surface area contributed by atoms with E-state index in [0.29, 0.717) is 29.6 Å². The van der Waals surface area contributed by atoms with Crippen LogP contribution in [0.4, 0.5) is 17.6 Å². The third-order valence-corrected chi connectivity index (χ3v) is 5.08. The average molecular weight is 405 g/mol. The summed E-state index contributed by atoms with van der Waals surface area (Å²) in [4.78, 5) is 10.4. The molecule has 1 unspecified atom stereocenters. The normalized spacial score (nSPS) is 18.0. The zero-order valence-corrected chi connectivity index (χ0v) is 15.7. The molecule has 152 valence electrons. The van der Waals surface area contributed by atoms with Crippen molar-refractivity contribution in [3.05, 3.63) is 60.1 Å². The number of hydrogen-bond donors (Lipinski definition) is 0. The molecule has 0 radical (unpaired) electrons. The first kappa shape index (κ1) is 19.6. The van der Waals surface area contributed by atoms with Gasteiger partial charge in [0.05, 0.1) is 24.0 Å². The molecule has 2 aromatic heterocycles. The largest absolute Gasteiger partial charge is 0.453 e. The van der Waals surface area contributed by atoms with E-state index in [2.05, 4.69) is 9.97 Å². The van der Waals surface area contributed by atoms with E-state index < -0.39 is 17.6 Å². The number of pyridine rings is 2. The molecular weight excluding hydrogens is 386 g/mol. The number of halogens is 4. The molecule has 8 heteroatoms. The van der Waals surface area contributed by atoms with E-state index in [1.807, 2.05) is 6.92 Å². The highest BCUT2D eigenvalue weighted by Crippen LogP contribution is 2.32. The van der Waals surface area contributed by atoms with E-state index in [1.54, 1.807) is 23.2 Å². The second kappa shape index (κ2) is 7.59. The molecule has 0 bridgehead atoms. The quantitative estimate of drug-likeness (QED) is 0.538. The number of ether oxygens (including phenoxy) is 1. The number of hydrogen-bond acceptors (Lipinski definition) is 4. The summed E-state index contributed by atoms with van der Waals surface area (Å²) in [5, 5.41) is 0.657. The fraction of sp³-hybridized carbons (Fsp3) is 0.333. The Labute approximate surface area is 165 Å². The van der Waals surface area contributed by atoms with Gasteiger partial charge in [-0.3, -0.25) is 14.9 Å². The van der Waals surface area contributed by atoms with Crippen LogP contribution in [0.3, 0.4) is 0 Å². The molecule has 1 aromatic carbocycles. The van der Waals surface area contributed by atoms with E-state index in [1.165, 1.54) is 12.3 Å². The van der Waals surface area contributed by atoms with Crippen molar-refractivity contribution in [2.45, 2.75) is 31.7 Å². The molecule has 1 atom stereocenters. The summed E-state index contributed by atoms with van der Waals surface area (Å²) in [5.41, 5.74) is 1.28. The number of aromatic nitrogens is 2. The molecule has 0 aliphatic carbocycles. The van der Waals surface area contributed by atoms with Gasteiger partial charge in [0.1, 0.15) is 11.6 Å². The van der Waals surface area contributed by atoms with Gasteiger partial charge in [-0.25, -0.2) is 17.6 Å². The molecule has 29 heavy (non-hydrogen) atoms. The minimum Gasteiger partial charge on any atom is -0.453 e. The lowest BCUT2D eigenvalue weighted by Gasteiger charge is -2.36. The molecule has 3 aromatic rings. The van der Waals surface area contributed by atoms with Gasteiger partial charge in [-0.05, 0) is 44.2 Å². The number of piperidine rings is 1. The number of rotatable bonds is 4. The Balaban J connectivity index is 1.55. The Kier molecular flexibility index (Phi) is 5.12. The zero-order chi connectivity index (χ0) is 20.6. The minimum absolute atomic E-state index is 0.0830. The fourth-order valence-corrected chi connectivity index (χ4v) is 3.50. The molecule has 0 saturated carbocycles. The molecule has 0 spiro atoms. The molecule has 1 saturated heterocycles. The molecule has 0 N–H and O–H groups in total. The van der Waals surface area contributed by atoms with Crippen LogP contribution in [-0.2, 0) is 0 Å². The van der Waals surface area contributed by atoms with Gasteiger partial charge in [-0.2, -0.15) is 0 Å². The molecule has 1 fully saturated rings. The molecule has 1 aliphatic heterocycles. The van der Waals surface area contributed by atoms with Crippen molar-refractivity contribution < 1.29 is 22.3 Å². The van der Waals surface area contributed by atoms with Crippen LogP contribution in [0.2, 0.25) is 0 Å². The number of nitrogens with zero attached hydrogens (tertiary/aromatic N) is 3. The van der Waals surface area contributed by atoms with Crippen molar-refractivity contribution in [3.8, 4) is 11.5 Å². The SMILES string of the molecule is CC(c1cc2ncc(Oc3ccc(F)cc3F)cc2cn1)N1CCCC(F)(F)C1. The summed E-state index contributed by atoms with van der Waals surface area (Å²) in [7, 11) is 0. The highest BCUT2D eigenvalue weighted by molar-refractivity contribution is 5.79. The van der Waals surface area contributed by atoms with E-state index >= 15 is 0 Å². The summed E-state index contributed by atoms with van der Waals surface area (Å²) in [6.07, 6.45) is 3.38. The summed E-state index contributed by atoms with van der Waals surface area (Å²) in [6.45, 7) is 2.17. The van der Waals surface area contributed by atoms with E-state index in [4.69, 9.17) is 4.74 Å². The predicted octanol–water partition coefficient (Wildman–Crippen LogP) is 5.49. The fourth-order valence-electron chi connectivity index (χ4n) is 3.50. The highest BCUT2D eigenvalue weighted by atomic mass is 19.3. The Morgan fingerprint density at radius 1 is 1.10 bits per heavy atom. The molecule has 1 aliphatic rings. The van der Waals surface area contributed by atoms with Gasteiger partial charge in [-0.15, -0.1) is 0 Å². The second-order valence-corrected chi connectivity index (χ2v) is 7.26. The van der Waals surface area contributed by atoms with Gasteiger partial charge in [-0.1, -0.05) is 0 Å². The average Bonchev–Trinajstić information content (AvgIpc) is 2.68. The van der Waals surface area contributed by atoms with E-state index in [9.17, 15) is 17.6 Å². The Morgan fingerprint density at radius 2 is 1.93 bits per heavy atom. The van der Waals surface area contributed by atoms with Crippen LogP contribution in [0.5, 0.6) is 11.5 Å². The standard InChI is InChI=1S/C21H19F4N3O/c1-13(28-6-2-5-21(24,25)12-28)18-9-19-14(10-26-18)7-16(11-27-19)29-20-4-3-15(22)8-17(20)23/h3-4,7-11,13H,2,5-6,12H2,1H3. The maximum atomic E-state index is 13.8. The van der Waals surface area contributed by atoms with Gasteiger partial charge in [0.2, 0.25) is 0 Å². The van der Waals surface area contributed by atoms with Crippen molar-refractivity contribution in [2.75, 3.05) is 13.1 Å². The summed E-state index contributed by atoms with van der Waals surface area (Å²) < 4.78 is 59.7. The third-order valence-electron chi connectivity index (χ3n) is 5.08. The van der Waals surface area contributed by atoms with E-state index in [0.717, 1.165) is 12.1 Å². The maximum Gasteiger partial charge on any atom is 0.260 e. The maximum absolute atomic E-state index is 13.8. The van der Waals surface area contributed by atoms with Gasteiger partial charge in [0.25, 0.3) is 5.92 Å². The van der Waals surface area contributed by atoms with Crippen LogP contribution in [0, 0.1) is 11.6 Å². The Hall–Kier alpha value is -2.74. The van der Waals surface area contributed by atoms with Crippen molar-refractivity contribution in [2.24, 2.45) is 0 Å². The first-order valence-electron chi connectivity index (χ1n) is 9.31. The van der Waals surface area contributed by atoms with Crippen molar-refractivity contribution in [1.82, 2.24) is 14.9 Å². The van der Waals surface area contributed by atoms with Crippen LogP contribution in [-0.4, -0.2) is 33.9 Å². The number of fused-ring (bicyclic) bond motifs is 1. The lowest BCUT2D eigenvalue weighted by molar-refractivity contribution is -0.0740. The molecule has 4 nitrogen and oxygen atoms in total. The smallest absolute Gasteiger partial charge is 0.260 e. The number of benzene rings is 1. The highest BCUT2D eigenvalue weighted by Gasteiger charge is 2.37. The summed E-state index contributed by atoms with van der Waals surface area (Å²) in [5.74, 6) is -4.02. The van der Waals surface area contributed by atoms with E-state index in [-0.39, 0.29) is 30.5 Å². The molecule has 3 heterocycles. The number of alkyl halides is 2. The van der Waals surface area contributed by atoms with Crippen LogP contribution >= 0.6 is 0 Å². The Bertz CT molecular complexity index is 1040. The minimum atomic E-state index is -2.68. The molecule has 4 rings (SSSR count). The Morgan fingerprint density at radius 3 is 2.69 bits per heavy atom. The molecular formula is C21H19F4N3O. The lowest BCUT2D eigenvalue weighted by atomic mass is 10.0. The van der Waals surface area contributed by atoms with Gasteiger partial charge in [0.15, 0.2) is 11.6 Å². The van der Waals surface area contributed by atoms with Crippen molar-refractivity contribution in [3.63, 3.8) is 0 Å². The third kappa shape index (κ3) is 4.32. The van der Waals surface area contributed by atoms with Crippen molar-refractivity contribution in [1.29, 1.82) is 0 Å². The number of likely N-dealkylation sites (tertiary alicyclic amines) is 1. The van der Waals surface area contributed by atoms with Gasteiger partial charge in [0, 0.05) is 30.1 Å². The van der Waals surface area contributed by atoms with Gasteiger partial charge < -0.3 is 4.74 Å². The lowest BCUT2D eigenvalue weighted by Crippen LogP contribution is -2.43.